The van der Waals surface area contributed by atoms with Crippen LogP contribution in [0.3, 0.4) is 0 Å². The molecule has 3 N–H and O–H groups in total. The number of nitrogens with two attached hydrogens (primary N) is 1. The maximum absolute atomic E-state index is 10.5. The summed E-state index contributed by atoms with van der Waals surface area (Å²) in [5.74, 6) is -0.216. The summed E-state index contributed by atoms with van der Waals surface area (Å²) in [7, 11) is 0. The number of aryl methyl sites for hydroxylation is 1. The summed E-state index contributed by atoms with van der Waals surface area (Å²) in [6, 6.07) is 0.334. The molecule has 1 rings (SSSR count). The number of thiazole rings is 1. The molecule has 1 aromatic heterocycles. The number of hydrogen-bond acceptors (Lipinski definition) is 4. The van der Waals surface area contributed by atoms with Gasteiger partial charge >= 0.3 is 0 Å². The third kappa shape index (κ3) is 4.28. The lowest BCUT2D eigenvalue weighted by Crippen LogP contribution is -2.20. The molecule has 0 bridgehead atoms. The summed E-state index contributed by atoms with van der Waals surface area (Å²) >= 11 is 1.68. The molecule has 1 atom stereocenters. The van der Waals surface area contributed by atoms with Crippen LogP contribution in [0.5, 0.6) is 0 Å². The van der Waals surface area contributed by atoms with E-state index in [2.05, 4.69) is 17.2 Å². The quantitative estimate of drug-likeness (QED) is 0.715. The van der Waals surface area contributed by atoms with Gasteiger partial charge in [0.25, 0.3) is 0 Å². The Bertz CT molecular complexity index is 338. The second-order valence-corrected chi connectivity index (χ2v) is 4.79. The van der Waals surface area contributed by atoms with Crippen molar-refractivity contribution in [2.45, 2.75) is 39.2 Å². The summed E-state index contributed by atoms with van der Waals surface area (Å²) in [6.45, 7) is 5.07. The van der Waals surface area contributed by atoms with Crippen molar-refractivity contribution in [2.75, 3.05) is 6.54 Å². The molecular formula is C11H19N3OS. The highest BCUT2D eigenvalue weighted by molar-refractivity contribution is 7.09. The molecular weight excluding hydrogens is 222 g/mol. The van der Waals surface area contributed by atoms with E-state index < -0.39 is 0 Å². The predicted octanol–water partition coefficient (Wildman–Crippen LogP) is 1.76. The van der Waals surface area contributed by atoms with Gasteiger partial charge in [-0.3, -0.25) is 4.79 Å². The van der Waals surface area contributed by atoms with E-state index >= 15 is 0 Å². The molecule has 0 radical (unpaired) electrons. The standard InChI is InChI=1S/C11H19N3OS/c1-8(11-9(2)14-7-16-11)13-6-4-3-5-10(12)15/h7-8,13H,3-6H2,1-2H3,(H2,12,15). The van der Waals surface area contributed by atoms with Gasteiger partial charge in [-0.2, -0.15) is 0 Å². The minimum Gasteiger partial charge on any atom is -0.370 e. The van der Waals surface area contributed by atoms with E-state index in [9.17, 15) is 4.79 Å². The Hall–Kier alpha value is -0.940. The van der Waals surface area contributed by atoms with Crippen LogP contribution in [0.25, 0.3) is 0 Å². The number of hydrogen-bond donors (Lipinski definition) is 2. The van der Waals surface area contributed by atoms with Crippen LogP contribution in [0.15, 0.2) is 5.51 Å². The van der Waals surface area contributed by atoms with Crippen molar-refractivity contribution < 1.29 is 4.79 Å². The minimum atomic E-state index is -0.216. The van der Waals surface area contributed by atoms with Crippen LogP contribution in [0, 0.1) is 6.92 Å². The number of rotatable bonds is 7. The average molecular weight is 241 g/mol. The summed E-state index contributed by atoms with van der Waals surface area (Å²) in [4.78, 5) is 16.0. The predicted molar refractivity (Wildman–Crippen MR) is 66.3 cm³/mol. The highest BCUT2D eigenvalue weighted by atomic mass is 32.1. The Balaban J connectivity index is 2.18. The van der Waals surface area contributed by atoms with Crippen molar-refractivity contribution in [3.05, 3.63) is 16.1 Å². The van der Waals surface area contributed by atoms with E-state index in [1.807, 2.05) is 12.4 Å². The largest absolute Gasteiger partial charge is 0.370 e. The highest BCUT2D eigenvalue weighted by Crippen LogP contribution is 2.20. The van der Waals surface area contributed by atoms with Crippen LogP contribution in [-0.2, 0) is 4.79 Å². The molecule has 1 heterocycles. The zero-order valence-electron chi connectivity index (χ0n) is 9.82. The summed E-state index contributed by atoms with van der Waals surface area (Å²) in [5, 5.41) is 3.42. The second-order valence-electron chi connectivity index (χ2n) is 3.90. The zero-order chi connectivity index (χ0) is 12.0. The van der Waals surface area contributed by atoms with Crippen molar-refractivity contribution in [1.29, 1.82) is 0 Å². The van der Waals surface area contributed by atoms with Gasteiger partial charge in [-0.25, -0.2) is 4.98 Å². The molecule has 4 nitrogen and oxygen atoms in total. The Morgan fingerprint density at radius 3 is 2.94 bits per heavy atom. The van der Waals surface area contributed by atoms with E-state index in [-0.39, 0.29) is 5.91 Å². The van der Waals surface area contributed by atoms with E-state index in [1.165, 1.54) is 4.88 Å². The maximum Gasteiger partial charge on any atom is 0.217 e. The number of unbranched alkanes of at least 4 members (excludes halogenated alkanes) is 1. The van der Waals surface area contributed by atoms with Crippen molar-refractivity contribution in [2.24, 2.45) is 5.73 Å². The van der Waals surface area contributed by atoms with Gasteiger partial charge in [0.2, 0.25) is 5.91 Å². The van der Waals surface area contributed by atoms with Crippen molar-refractivity contribution in [1.82, 2.24) is 10.3 Å². The lowest BCUT2D eigenvalue weighted by Gasteiger charge is -2.12. The normalized spacial score (nSPS) is 12.6. The highest BCUT2D eigenvalue weighted by Gasteiger charge is 2.09. The molecule has 1 unspecified atom stereocenters. The topological polar surface area (TPSA) is 68.0 Å². The van der Waals surface area contributed by atoms with Crippen LogP contribution in [0.1, 0.15) is 42.8 Å². The van der Waals surface area contributed by atoms with Crippen LogP contribution >= 0.6 is 11.3 Å². The third-order valence-corrected chi connectivity index (χ3v) is 3.59. The van der Waals surface area contributed by atoms with Gasteiger partial charge in [0, 0.05) is 17.3 Å². The first-order valence-corrected chi connectivity index (χ1v) is 6.41. The molecule has 1 amide bonds. The summed E-state index contributed by atoms with van der Waals surface area (Å²) < 4.78 is 0. The van der Waals surface area contributed by atoms with E-state index in [1.54, 1.807) is 11.3 Å². The average Bonchev–Trinajstić information content (AvgIpc) is 2.63. The SMILES string of the molecule is Cc1ncsc1C(C)NCCCCC(N)=O. The molecule has 1 aromatic rings. The molecule has 0 saturated heterocycles. The molecule has 0 aliphatic heterocycles. The van der Waals surface area contributed by atoms with Gasteiger partial charge in [-0.05, 0) is 33.2 Å². The minimum absolute atomic E-state index is 0.216. The first kappa shape index (κ1) is 13.1. The van der Waals surface area contributed by atoms with E-state index in [0.717, 1.165) is 25.1 Å². The molecule has 0 fully saturated rings. The summed E-state index contributed by atoms with van der Waals surface area (Å²) in [6.07, 6.45) is 2.32. The van der Waals surface area contributed by atoms with Crippen molar-refractivity contribution in [3.63, 3.8) is 0 Å². The molecule has 0 aliphatic carbocycles. The van der Waals surface area contributed by atoms with Gasteiger partial charge in [0.15, 0.2) is 0 Å². The van der Waals surface area contributed by atoms with Crippen molar-refractivity contribution in [3.8, 4) is 0 Å². The van der Waals surface area contributed by atoms with Gasteiger partial charge in [0.05, 0.1) is 11.2 Å². The fourth-order valence-corrected chi connectivity index (χ4v) is 2.40. The molecule has 0 saturated carbocycles. The van der Waals surface area contributed by atoms with Gasteiger partial charge < -0.3 is 11.1 Å². The number of amides is 1. The molecule has 0 aliphatic rings. The lowest BCUT2D eigenvalue weighted by molar-refractivity contribution is -0.118. The summed E-state index contributed by atoms with van der Waals surface area (Å²) in [5.41, 5.74) is 8.04. The Labute approximate surface area is 100 Å². The molecule has 0 spiro atoms. The van der Waals surface area contributed by atoms with Gasteiger partial charge in [0.1, 0.15) is 0 Å². The number of aromatic nitrogens is 1. The maximum atomic E-state index is 10.5. The van der Waals surface area contributed by atoms with E-state index in [0.29, 0.717) is 12.5 Å². The first-order valence-electron chi connectivity index (χ1n) is 5.53. The molecule has 5 heteroatoms. The lowest BCUT2D eigenvalue weighted by atomic mass is 10.2. The van der Waals surface area contributed by atoms with Crippen LogP contribution in [0.2, 0.25) is 0 Å². The van der Waals surface area contributed by atoms with Gasteiger partial charge in [-0.1, -0.05) is 0 Å². The Kier molecular flexibility index (Phi) is 5.42. The first-order chi connectivity index (χ1) is 7.61. The number of carbonyl (C=O) groups excluding carboxylic acids is 1. The van der Waals surface area contributed by atoms with Crippen LogP contribution < -0.4 is 11.1 Å². The fourth-order valence-electron chi connectivity index (χ4n) is 1.56. The number of carbonyl (C=O) groups is 1. The van der Waals surface area contributed by atoms with Crippen molar-refractivity contribution >= 4 is 17.2 Å². The Morgan fingerprint density at radius 2 is 2.38 bits per heavy atom. The number of nitrogens with zero attached hydrogens (tertiary/aromatic N) is 1. The molecule has 0 aromatic carbocycles. The van der Waals surface area contributed by atoms with Gasteiger partial charge in [-0.15, -0.1) is 11.3 Å². The zero-order valence-corrected chi connectivity index (χ0v) is 10.6. The number of nitrogens with one attached hydrogen (secondary N) is 1. The molecule has 16 heavy (non-hydrogen) atoms. The second kappa shape index (κ2) is 6.60. The molecule has 90 valence electrons. The number of primary amides is 1. The van der Waals surface area contributed by atoms with Crippen LogP contribution in [0.4, 0.5) is 0 Å². The third-order valence-electron chi connectivity index (χ3n) is 2.48. The van der Waals surface area contributed by atoms with Crippen LogP contribution in [-0.4, -0.2) is 17.4 Å². The monoisotopic (exact) mass is 241 g/mol. The smallest absolute Gasteiger partial charge is 0.217 e. The fraction of sp³-hybridized carbons (Fsp3) is 0.636. The Morgan fingerprint density at radius 1 is 1.62 bits per heavy atom. The van der Waals surface area contributed by atoms with E-state index in [4.69, 9.17) is 5.73 Å².